The van der Waals surface area contributed by atoms with Crippen LogP contribution in [0.3, 0.4) is 0 Å². The molecule has 0 radical (unpaired) electrons. The molecule has 0 aliphatic heterocycles. The molecule has 0 fully saturated rings. The van der Waals surface area contributed by atoms with Crippen LogP contribution in [0.15, 0.2) is 36.4 Å². The van der Waals surface area contributed by atoms with Crippen molar-refractivity contribution < 1.29 is 83.6 Å². The third-order valence-electron chi connectivity index (χ3n) is 4.55. The second-order valence-electron chi connectivity index (χ2n) is 6.69. The van der Waals surface area contributed by atoms with E-state index in [1.165, 1.54) is 6.07 Å². The van der Waals surface area contributed by atoms with E-state index in [1.807, 2.05) is 31.2 Å². The SMILES string of the molecule is CCCc1c(CCC(=O)[O-])cccc1OCCCOc1cc([O-])ccc1CC.[Na+].[Na+]. The number of benzene rings is 2. The predicted molar refractivity (Wildman–Crippen MR) is 105 cm³/mol. The van der Waals surface area contributed by atoms with Crippen molar-refractivity contribution in [3.05, 3.63) is 53.1 Å². The summed E-state index contributed by atoms with van der Waals surface area (Å²) in [7, 11) is 0. The molecule has 0 aromatic heterocycles. The molecule has 0 bridgehead atoms. The van der Waals surface area contributed by atoms with Crippen molar-refractivity contribution >= 4 is 5.97 Å². The van der Waals surface area contributed by atoms with Crippen LogP contribution in [-0.2, 0) is 24.1 Å². The first-order chi connectivity index (χ1) is 13.5. The van der Waals surface area contributed by atoms with Crippen molar-refractivity contribution in [1.29, 1.82) is 0 Å². The summed E-state index contributed by atoms with van der Waals surface area (Å²) >= 11 is 0. The predicted octanol–water partition coefficient (Wildman–Crippen LogP) is -3.19. The zero-order valence-electron chi connectivity index (χ0n) is 18.7. The van der Waals surface area contributed by atoms with Gasteiger partial charge in [-0.3, -0.25) is 0 Å². The molecule has 0 spiro atoms. The van der Waals surface area contributed by atoms with Crippen LogP contribution in [0.2, 0.25) is 0 Å². The number of carboxylic acid groups (broad SMARTS) is 1. The Labute approximate surface area is 223 Å². The van der Waals surface area contributed by atoms with Crippen molar-refractivity contribution in [3.63, 3.8) is 0 Å². The molecule has 7 heteroatoms. The Bertz CT molecular complexity index is 780. The summed E-state index contributed by atoms with van der Waals surface area (Å²) in [6, 6.07) is 10.7. The molecule has 0 unspecified atom stereocenters. The molecule has 5 nitrogen and oxygen atoms in total. The van der Waals surface area contributed by atoms with Crippen molar-refractivity contribution in [2.24, 2.45) is 0 Å². The number of hydrogen-bond donors (Lipinski definition) is 0. The van der Waals surface area contributed by atoms with E-state index < -0.39 is 5.97 Å². The number of aryl methyl sites for hydroxylation is 2. The topological polar surface area (TPSA) is 81.7 Å². The van der Waals surface area contributed by atoms with Crippen LogP contribution in [0.5, 0.6) is 17.2 Å². The molecule has 0 amide bonds. The Balaban J connectivity index is 0.00000420. The van der Waals surface area contributed by atoms with Gasteiger partial charge in [-0.05, 0) is 54.5 Å². The van der Waals surface area contributed by atoms with Crippen LogP contribution in [-0.4, -0.2) is 19.2 Å². The van der Waals surface area contributed by atoms with Gasteiger partial charge in [0.05, 0.1) is 13.2 Å². The summed E-state index contributed by atoms with van der Waals surface area (Å²) in [5.41, 5.74) is 3.09. The van der Waals surface area contributed by atoms with E-state index in [-0.39, 0.29) is 71.3 Å². The van der Waals surface area contributed by atoms with E-state index >= 15 is 0 Å². The maximum absolute atomic E-state index is 11.5. The van der Waals surface area contributed by atoms with Crippen molar-refractivity contribution in [2.45, 2.75) is 52.4 Å². The average molecular weight is 430 g/mol. The Morgan fingerprint density at radius 3 is 2.27 bits per heavy atom. The molecule has 2 aromatic carbocycles. The molecule has 0 heterocycles. The van der Waals surface area contributed by atoms with E-state index in [0.29, 0.717) is 31.8 Å². The van der Waals surface area contributed by atoms with Gasteiger partial charge in [-0.1, -0.05) is 44.5 Å². The first kappa shape index (κ1) is 29.3. The quantitative estimate of drug-likeness (QED) is 0.262. The molecular weight excluding hydrogens is 402 g/mol. The van der Waals surface area contributed by atoms with Gasteiger partial charge in [-0.15, -0.1) is 5.75 Å². The number of aliphatic carboxylic acids is 1. The van der Waals surface area contributed by atoms with E-state index in [1.54, 1.807) is 6.07 Å². The van der Waals surface area contributed by atoms with Gasteiger partial charge in [-0.2, -0.15) is 0 Å². The minimum absolute atomic E-state index is 0. The van der Waals surface area contributed by atoms with Gasteiger partial charge in [0.25, 0.3) is 0 Å². The summed E-state index contributed by atoms with van der Waals surface area (Å²) < 4.78 is 11.7. The molecule has 2 aromatic rings. The first-order valence-electron chi connectivity index (χ1n) is 9.91. The van der Waals surface area contributed by atoms with E-state index in [4.69, 9.17) is 9.47 Å². The first-order valence-corrected chi connectivity index (χ1v) is 9.91. The minimum atomic E-state index is -1.04. The number of carboxylic acids is 1. The maximum atomic E-state index is 11.5. The second kappa shape index (κ2) is 16.0. The molecule has 0 N–H and O–H groups in total. The van der Waals surface area contributed by atoms with Crippen molar-refractivity contribution in [3.8, 4) is 17.2 Å². The molecule has 152 valence electrons. The van der Waals surface area contributed by atoms with Gasteiger partial charge < -0.3 is 24.5 Å². The van der Waals surface area contributed by atoms with Gasteiger partial charge >= 0.3 is 59.1 Å². The molecule has 0 aliphatic carbocycles. The number of carbonyl (C=O) groups excluding carboxylic acids is 1. The third-order valence-corrected chi connectivity index (χ3v) is 4.55. The van der Waals surface area contributed by atoms with Crippen LogP contribution < -0.4 is 78.8 Å². The van der Waals surface area contributed by atoms with E-state index in [9.17, 15) is 15.0 Å². The fourth-order valence-corrected chi connectivity index (χ4v) is 3.14. The van der Waals surface area contributed by atoms with E-state index in [2.05, 4.69) is 6.92 Å². The fraction of sp³-hybridized carbons (Fsp3) is 0.435. The number of hydrogen-bond acceptors (Lipinski definition) is 5. The summed E-state index contributed by atoms with van der Waals surface area (Å²) in [4.78, 5) is 10.8. The zero-order valence-corrected chi connectivity index (χ0v) is 22.7. The number of carbonyl (C=O) groups is 1. The minimum Gasteiger partial charge on any atom is -0.872 e. The molecule has 0 saturated heterocycles. The smallest absolute Gasteiger partial charge is 0.872 e. The number of rotatable bonds is 12. The van der Waals surface area contributed by atoms with Gasteiger partial charge in [0.2, 0.25) is 0 Å². The molecule has 0 saturated carbocycles. The van der Waals surface area contributed by atoms with Crippen LogP contribution in [0.1, 0.15) is 49.8 Å². The summed E-state index contributed by atoms with van der Waals surface area (Å²) in [6.07, 6.45) is 3.74. The zero-order chi connectivity index (χ0) is 20.4. The normalized spacial score (nSPS) is 9.93. The molecular formula is C23H28Na2O5. The molecule has 2 rings (SSSR count). The molecule has 0 atom stereocenters. The van der Waals surface area contributed by atoms with Crippen LogP contribution in [0, 0.1) is 0 Å². The standard InChI is InChI=1S/C23H30O5.2Na/c1-3-7-20-18(11-13-23(25)26)8-5-9-21(20)27-14-6-15-28-22-16-19(24)12-10-17(22)4-2;;/h5,8-10,12,16,24H,3-4,6-7,11,13-15H2,1-2H3,(H,25,26);;/q;2*+1/p-2. The summed E-state index contributed by atoms with van der Waals surface area (Å²) in [6.45, 7) is 5.06. The van der Waals surface area contributed by atoms with Gasteiger partial charge in [0, 0.05) is 12.4 Å². The number of ether oxygens (including phenoxy) is 2. The van der Waals surface area contributed by atoms with Crippen LogP contribution in [0.25, 0.3) is 0 Å². The van der Waals surface area contributed by atoms with Crippen molar-refractivity contribution in [2.75, 3.05) is 13.2 Å². The Morgan fingerprint density at radius 2 is 1.63 bits per heavy atom. The molecule has 0 aliphatic rings. The van der Waals surface area contributed by atoms with Gasteiger partial charge in [0.1, 0.15) is 11.5 Å². The van der Waals surface area contributed by atoms with Gasteiger partial charge in [0.15, 0.2) is 0 Å². The second-order valence-corrected chi connectivity index (χ2v) is 6.69. The van der Waals surface area contributed by atoms with Crippen molar-refractivity contribution in [1.82, 2.24) is 0 Å². The Hall–Kier alpha value is -0.690. The Kier molecular flexibility index (Phi) is 15.6. The summed E-state index contributed by atoms with van der Waals surface area (Å²) in [5.74, 6) is 0.347. The Morgan fingerprint density at radius 1 is 0.933 bits per heavy atom. The monoisotopic (exact) mass is 430 g/mol. The maximum Gasteiger partial charge on any atom is 1.00 e. The van der Waals surface area contributed by atoms with Crippen LogP contribution >= 0.6 is 0 Å². The molecule has 30 heavy (non-hydrogen) atoms. The van der Waals surface area contributed by atoms with E-state index in [0.717, 1.165) is 41.7 Å². The average Bonchev–Trinajstić information content (AvgIpc) is 2.68. The fourth-order valence-electron chi connectivity index (χ4n) is 3.14. The summed E-state index contributed by atoms with van der Waals surface area (Å²) in [5, 5.41) is 22.3. The third kappa shape index (κ3) is 9.63. The largest absolute Gasteiger partial charge is 1.00 e. The van der Waals surface area contributed by atoms with Gasteiger partial charge in [-0.25, -0.2) is 0 Å². The van der Waals surface area contributed by atoms with Crippen LogP contribution in [0.4, 0.5) is 0 Å².